The Morgan fingerprint density at radius 3 is 2.21 bits per heavy atom. The van der Waals surface area contributed by atoms with E-state index in [9.17, 15) is 19.5 Å². The van der Waals surface area contributed by atoms with Crippen molar-refractivity contribution in [1.82, 2.24) is 15.5 Å². The van der Waals surface area contributed by atoms with Crippen LogP contribution in [-0.2, 0) is 9.59 Å². The molecule has 0 aliphatic rings. The maximum Gasteiger partial charge on any atom is 0.337 e. The first-order valence-corrected chi connectivity index (χ1v) is 5.99. The second-order valence-electron chi connectivity index (χ2n) is 4.21. The third kappa shape index (κ3) is 6.05. The van der Waals surface area contributed by atoms with Crippen molar-refractivity contribution in [3.8, 4) is 0 Å². The van der Waals surface area contributed by atoms with Gasteiger partial charge in [-0.1, -0.05) is 0 Å². The van der Waals surface area contributed by atoms with Gasteiger partial charge < -0.3 is 25.7 Å². The van der Waals surface area contributed by atoms with Gasteiger partial charge >= 0.3 is 12.0 Å². The molecule has 0 aromatic rings. The van der Waals surface area contributed by atoms with Crippen molar-refractivity contribution in [2.45, 2.75) is 26.4 Å². The number of carbonyl (C=O) groups excluding carboxylic acids is 2. The van der Waals surface area contributed by atoms with Crippen LogP contribution in [0.3, 0.4) is 0 Å². The van der Waals surface area contributed by atoms with Crippen LogP contribution >= 0.6 is 0 Å². The molecule has 0 fully saturated rings. The summed E-state index contributed by atoms with van der Waals surface area (Å²) in [5.74, 6) is -1.73. The van der Waals surface area contributed by atoms with Crippen molar-refractivity contribution >= 4 is 17.9 Å². The van der Waals surface area contributed by atoms with E-state index in [0.29, 0.717) is 6.54 Å². The second-order valence-corrected chi connectivity index (χ2v) is 4.21. The maximum absolute atomic E-state index is 11.7. The molecule has 1 unspecified atom stereocenters. The van der Waals surface area contributed by atoms with E-state index in [2.05, 4.69) is 10.6 Å². The fraction of sp³-hybridized carbons (Fsp3) is 0.727. The molecule has 0 spiro atoms. The topological polar surface area (TPSA) is 119 Å². The van der Waals surface area contributed by atoms with Gasteiger partial charge in [-0.25, -0.2) is 9.59 Å². The molecule has 4 N–H and O–H groups in total. The molecule has 1 atom stereocenters. The van der Waals surface area contributed by atoms with Gasteiger partial charge in [0.25, 0.3) is 0 Å². The molecule has 0 bridgehead atoms. The van der Waals surface area contributed by atoms with Crippen molar-refractivity contribution in [2.75, 3.05) is 26.2 Å². The van der Waals surface area contributed by atoms with E-state index in [4.69, 9.17) is 5.11 Å². The highest BCUT2D eigenvalue weighted by Gasteiger charge is 2.31. The number of carboxylic acid groups (broad SMARTS) is 1. The summed E-state index contributed by atoms with van der Waals surface area (Å²) in [5, 5.41) is 23.0. The zero-order valence-corrected chi connectivity index (χ0v) is 11.4. The standard InChI is InChI=1S/C11H21N3O5/c1-4-12-8(15)6-14(5-2)10(18)13-7-11(3,19)9(16)17/h19H,4-7H2,1-3H3,(H,12,15)(H,13,18)(H,16,17). The summed E-state index contributed by atoms with van der Waals surface area (Å²) in [5.41, 5.74) is -2.04. The molecular weight excluding hydrogens is 254 g/mol. The van der Waals surface area contributed by atoms with E-state index in [-0.39, 0.29) is 19.0 Å². The third-order valence-corrected chi connectivity index (χ3v) is 2.42. The average Bonchev–Trinajstić information content (AvgIpc) is 2.33. The molecule has 0 rings (SSSR count). The molecule has 8 nitrogen and oxygen atoms in total. The van der Waals surface area contributed by atoms with E-state index < -0.39 is 24.1 Å². The lowest BCUT2D eigenvalue weighted by atomic mass is 10.1. The van der Waals surface area contributed by atoms with Gasteiger partial charge in [-0.3, -0.25) is 4.79 Å². The SMILES string of the molecule is CCNC(=O)CN(CC)C(=O)NCC(C)(O)C(=O)O. The number of urea groups is 1. The first kappa shape index (κ1) is 17.2. The van der Waals surface area contributed by atoms with E-state index in [1.807, 2.05) is 0 Å². The summed E-state index contributed by atoms with van der Waals surface area (Å²) >= 11 is 0. The van der Waals surface area contributed by atoms with Crippen molar-refractivity contribution in [2.24, 2.45) is 0 Å². The van der Waals surface area contributed by atoms with Gasteiger partial charge in [-0.05, 0) is 20.8 Å². The third-order valence-electron chi connectivity index (χ3n) is 2.42. The van der Waals surface area contributed by atoms with E-state index in [0.717, 1.165) is 6.92 Å². The van der Waals surface area contributed by atoms with Crippen LogP contribution in [0.4, 0.5) is 4.79 Å². The lowest BCUT2D eigenvalue weighted by Crippen LogP contribution is -2.51. The Labute approximate surface area is 111 Å². The van der Waals surface area contributed by atoms with Crippen LogP contribution in [0.1, 0.15) is 20.8 Å². The average molecular weight is 275 g/mol. The molecule has 0 saturated carbocycles. The second kappa shape index (κ2) is 7.57. The fourth-order valence-corrected chi connectivity index (χ4v) is 1.19. The van der Waals surface area contributed by atoms with Crippen LogP contribution < -0.4 is 10.6 Å². The number of aliphatic hydroxyl groups is 1. The predicted molar refractivity (Wildman–Crippen MR) is 67.6 cm³/mol. The van der Waals surface area contributed by atoms with Gasteiger partial charge in [0.05, 0.1) is 6.54 Å². The largest absolute Gasteiger partial charge is 0.479 e. The minimum absolute atomic E-state index is 0.120. The summed E-state index contributed by atoms with van der Waals surface area (Å²) in [4.78, 5) is 34.9. The molecule has 0 saturated heterocycles. The van der Waals surface area contributed by atoms with Crippen molar-refractivity contribution in [3.05, 3.63) is 0 Å². The summed E-state index contributed by atoms with van der Waals surface area (Å²) < 4.78 is 0. The zero-order chi connectivity index (χ0) is 15.1. The number of carboxylic acids is 1. The zero-order valence-electron chi connectivity index (χ0n) is 11.4. The Balaban J connectivity index is 4.37. The Morgan fingerprint density at radius 1 is 1.21 bits per heavy atom. The number of likely N-dealkylation sites (N-methyl/N-ethyl adjacent to an activating group) is 2. The summed E-state index contributed by atoms with van der Waals surface area (Å²) in [7, 11) is 0. The predicted octanol–water partition coefficient (Wildman–Crippen LogP) is -1.01. The quantitative estimate of drug-likeness (QED) is 0.474. The fourth-order valence-electron chi connectivity index (χ4n) is 1.19. The summed E-state index contributed by atoms with van der Waals surface area (Å²) in [6.45, 7) is 4.73. The van der Waals surface area contributed by atoms with Crippen molar-refractivity contribution < 1.29 is 24.6 Å². The van der Waals surface area contributed by atoms with Gasteiger partial charge in [0, 0.05) is 13.1 Å². The molecule has 0 aromatic heterocycles. The number of amides is 3. The maximum atomic E-state index is 11.7. The monoisotopic (exact) mass is 275 g/mol. The van der Waals surface area contributed by atoms with Gasteiger partial charge in [-0.15, -0.1) is 0 Å². The molecular formula is C11H21N3O5. The van der Waals surface area contributed by atoms with Gasteiger partial charge in [0.1, 0.15) is 6.54 Å². The number of nitrogens with zero attached hydrogens (tertiary/aromatic N) is 1. The minimum atomic E-state index is -2.04. The normalized spacial score (nSPS) is 13.3. The highest BCUT2D eigenvalue weighted by molar-refractivity contribution is 5.84. The molecule has 0 aliphatic heterocycles. The van der Waals surface area contributed by atoms with Gasteiger partial charge in [0.15, 0.2) is 5.60 Å². The molecule has 3 amide bonds. The van der Waals surface area contributed by atoms with Crippen LogP contribution in [0, 0.1) is 0 Å². The molecule has 110 valence electrons. The lowest BCUT2D eigenvalue weighted by molar-refractivity contribution is -0.155. The number of carbonyl (C=O) groups is 3. The Hall–Kier alpha value is -1.83. The number of hydrogen-bond acceptors (Lipinski definition) is 4. The van der Waals surface area contributed by atoms with Crippen LogP contribution in [0.2, 0.25) is 0 Å². The first-order valence-electron chi connectivity index (χ1n) is 5.99. The molecule has 0 aromatic carbocycles. The van der Waals surface area contributed by atoms with Gasteiger partial charge in [-0.2, -0.15) is 0 Å². The van der Waals surface area contributed by atoms with Crippen LogP contribution in [-0.4, -0.2) is 64.8 Å². The summed E-state index contributed by atoms with van der Waals surface area (Å²) in [6, 6.07) is -0.602. The van der Waals surface area contributed by atoms with E-state index >= 15 is 0 Å². The Bertz CT molecular complexity index is 343. The Kier molecular flexibility index (Phi) is 6.84. The smallest absolute Gasteiger partial charge is 0.337 e. The lowest BCUT2D eigenvalue weighted by Gasteiger charge is -2.24. The molecule has 8 heteroatoms. The van der Waals surface area contributed by atoms with Crippen molar-refractivity contribution in [1.29, 1.82) is 0 Å². The van der Waals surface area contributed by atoms with Crippen LogP contribution in [0.5, 0.6) is 0 Å². The van der Waals surface area contributed by atoms with Crippen molar-refractivity contribution in [3.63, 3.8) is 0 Å². The number of rotatable bonds is 7. The minimum Gasteiger partial charge on any atom is -0.479 e. The highest BCUT2D eigenvalue weighted by Crippen LogP contribution is 2.01. The van der Waals surface area contributed by atoms with E-state index in [1.165, 1.54) is 4.90 Å². The van der Waals surface area contributed by atoms with Crippen LogP contribution in [0.25, 0.3) is 0 Å². The number of hydrogen-bond donors (Lipinski definition) is 4. The van der Waals surface area contributed by atoms with E-state index in [1.54, 1.807) is 13.8 Å². The molecule has 0 heterocycles. The first-order chi connectivity index (χ1) is 8.74. The van der Waals surface area contributed by atoms with Gasteiger partial charge in [0.2, 0.25) is 5.91 Å². The van der Waals surface area contributed by atoms with Crippen LogP contribution in [0.15, 0.2) is 0 Å². The molecule has 0 radical (unpaired) electrons. The molecule has 0 aliphatic carbocycles. The summed E-state index contributed by atoms with van der Waals surface area (Å²) in [6.07, 6.45) is 0. The number of nitrogens with one attached hydrogen (secondary N) is 2. The Morgan fingerprint density at radius 2 is 1.79 bits per heavy atom. The highest BCUT2D eigenvalue weighted by atomic mass is 16.4. The number of aliphatic carboxylic acids is 1. The molecule has 19 heavy (non-hydrogen) atoms.